The number of aliphatic hydroxyl groups is 5. The van der Waals surface area contributed by atoms with Gasteiger partial charge in [0.25, 0.3) is 0 Å². The van der Waals surface area contributed by atoms with Crippen LogP contribution in [0.5, 0.6) is 0 Å². The smallest absolute Gasteiger partial charge is 0.391 e. The normalized spacial score (nSPS) is 43.0. The van der Waals surface area contributed by atoms with Crippen molar-refractivity contribution >= 4 is 27.0 Å². The molecule has 19 atom stereocenters. The van der Waals surface area contributed by atoms with Crippen molar-refractivity contribution in [3.05, 3.63) is 11.6 Å². The van der Waals surface area contributed by atoms with Gasteiger partial charge in [0.15, 0.2) is 0 Å². The van der Waals surface area contributed by atoms with E-state index in [9.17, 15) is 46.8 Å². The molecule has 0 amide bonds. The summed E-state index contributed by atoms with van der Waals surface area (Å²) in [5.74, 6) is 6.79. The van der Waals surface area contributed by atoms with Crippen molar-refractivity contribution in [2.75, 3.05) is 7.11 Å². The van der Waals surface area contributed by atoms with Crippen molar-refractivity contribution in [3.8, 4) is 0 Å². The number of aliphatic hydroxyl groups excluding tert-OH is 3. The highest BCUT2D eigenvalue weighted by Crippen LogP contribution is 2.70. The number of hydrogen-bond donors (Lipinski definition) is 5. The average Bonchev–Trinajstić information content (AvgIpc) is 3.82. The van der Waals surface area contributed by atoms with Crippen LogP contribution in [0.2, 0.25) is 0 Å². The van der Waals surface area contributed by atoms with Gasteiger partial charge in [-0.3, -0.25) is 0 Å². The Labute approximate surface area is 441 Å². The van der Waals surface area contributed by atoms with Gasteiger partial charge in [0.2, 0.25) is 0 Å². The molecule has 420 valence electrons. The largest absolute Gasteiger partial charge is 0.400 e. The van der Waals surface area contributed by atoms with Gasteiger partial charge in [-0.1, -0.05) is 74.5 Å². The Morgan fingerprint density at radius 2 is 1.01 bits per heavy atom. The molecule has 0 saturated heterocycles. The number of rotatable bonds is 12. The average molecular weight is 1060 g/mol. The van der Waals surface area contributed by atoms with E-state index in [1.165, 1.54) is 69.8 Å². The van der Waals surface area contributed by atoms with Crippen LogP contribution in [-0.2, 0) is 0 Å². The molecule has 71 heavy (non-hydrogen) atoms. The minimum Gasteiger partial charge on any atom is -0.400 e. The Bertz CT molecular complexity index is 1700. The molecule has 0 radical (unpaired) electrons. The standard InChI is InChI=1S/C28H47F3O2.C28H45F3O2.CH4O.CH4.2H2S/c2*1-5-27(33)15-14-25(3)19(16-27)7-9-21-23-11-10-22(26(23,4)13-12-24(21)25)18(2)6-8-20(32)17-28(29,30)31;1-2;;;/h18-24,32-33H,5-17H2,1-4H3;7,18,20-24,32-33H,5-6,8-17H2,1-4H3;2H,1H3;1H4;2*1H2/t18-,19+,20+,21+,22-,23+,24+,25+,26-,27+;18-,20+,21+,22-,23+,24+,25+,26-,27+;;;;/m11..../s1. The fourth-order valence-corrected chi connectivity index (χ4v) is 18.7. The van der Waals surface area contributed by atoms with Gasteiger partial charge in [0.05, 0.1) is 36.3 Å². The minimum absolute atomic E-state index is 0. The van der Waals surface area contributed by atoms with Crippen molar-refractivity contribution < 1.29 is 51.9 Å². The maximum absolute atomic E-state index is 12.6. The molecule has 8 aliphatic rings. The summed E-state index contributed by atoms with van der Waals surface area (Å²) in [5, 5.41) is 48.7. The molecular weight excluding hydrogens is 955 g/mol. The maximum atomic E-state index is 12.6. The van der Waals surface area contributed by atoms with Crippen LogP contribution < -0.4 is 0 Å². The number of alkyl halides is 6. The fourth-order valence-electron chi connectivity index (χ4n) is 18.7. The van der Waals surface area contributed by atoms with Crippen molar-refractivity contribution in [3.63, 3.8) is 0 Å². The first-order valence-corrected chi connectivity index (χ1v) is 27.7. The van der Waals surface area contributed by atoms with Crippen molar-refractivity contribution in [2.45, 2.75) is 259 Å². The maximum Gasteiger partial charge on any atom is 0.391 e. The van der Waals surface area contributed by atoms with E-state index in [1.807, 2.05) is 0 Å². The van der Waals surface area contributed by atoms with Gasteiger partial charge in [0.1, 0.15) is 0 Å². The molecule has 8 rings (SSSR count). The third-order valence-corrected chi connectivity index (χ3v) is 22.8. The summed E-state index contributed by atoms with van der Waals surface area (Å²) in [4.78, 5) is 0. The molecule has 7 saturated carbocycles. The summed E-state index contributed by atoms with van der Waals surface area (Å²) in [5.41, 5.74) is 1.66. The van der Waals surface area contributed by atoms with E-state index in [1.54, 1.807) is 0 Å². The Kier molecular flexibility index (Phi) is 22.6. The van der Waals surface area contributed by atoms with E-state index in [-0.39, 0.29) is 63.5 Å². The summed E-state index contributed by atoms with van der Waals surface area (Å²) < 4.78 is 75.6. The predicted octanol–water partition coefficient (Wildman–Crippen LogP) is 15.4. The molecule has 0 spiro atoms. The second kappa shape index (κ2) is 24.7. The van der Waals surface area contributed by atoms with Gasteiger partial charge in [0, 0.05) is 7.11 Å². The van der Waals surface area contributed by atoms with E-state index in [4.69, 9.17) is 5.11 Å². The molecule has 0 bridgehead atoms. The Morgan fingerprint density at radius 3 is 1.49 bits per heavy atom. The SMILES string of the molecule is C.CC[C@]1(O)CC[C@@]2(C)C(=CC[C@H]3[C@@H]4CC[C@H]([C@H](C)CC[C@H](O)CC(F)(F)F)[C@@]4(C)CC[C@@H]32)C1.CC[C@]1(O)CC[C@@]2(C)[C@@H](CC[C@@H]3[C@@H]2CC[C@]2(C)[C@@H]([C@H](C)CC[C@H](O)CC(F)(F)F)CC[C@@H]32)C1.CO.S.S. The summed E-state index contributed by atoms with van der Waals surface area (Å²) in [6.07, 6.45) is 12.1. The van der Waals surface area contributed by atoms with Gasteiger partial charge in [-0.15, -0.1) is 0 Å². The van der Waals surface area contributed by atoms with Crippen LogP contribution in [0.4, 0.5) is 26.3 Å². The van der Waals surface area contributed by atoms with E-state index >= 15 is 0 Å². The zero-order chi connectivity index (χ0) is 50.5. The number of allylic oxidation sites excluding steroid dienone is 1. The topological polar surface area (TPSA) is 101 Å². The predicted molar refractivity (Wildman–Crippen MR) is 287 cm³/mol. The second-order valence-electron chi connectivity index (χ2n) is 26.0. The Morgan fingerprint density at radius 1 is 0.563 bits per heavy atom. The van der Waals surface area contributed by atoms with E-state index in [2.05, 4.69) is 61.5 Å². The second-order valence-corrected chi connectivity index (χ2v) is 26.0. The van der Waals surface area contributed by atoms with Crippen LogP contribution in [0.25, 0.3) is 0 Å². The first-order valence-electron chi connectivity index (χ1n) is 27.7. The van der Waals surface area contributed by atoms with Crippen LogP contribution >= 0.6 is 27.0 Å². The molecule has 0 aromatic rings. The number of hydrogen-bond acceptors (Lipinski definition) is 5. The molecule has 8 aliphatic carbocycles. The molecule has 0 heterocycles. The highest BCUT2D eigenvalue weighted by molar-refractivity contribution is 7.59. The van der Waals surface area contributed by atoms with E-state index in [0.717, 1.165) is 82.7 Å². The molecule has 5 nitrogen and oxygen atoms in total. The van der Waals surface area contributed by atoms with Gasteiger partial charge < -0.3 is 25.5 Å². The van der Waals surface area contributed by atoms with Gasteiger partial charge in [-0.25, -0.2) is 0 Å². The third kappa shape index (κ3) is 13.6. The van der Waals surface area contributed by atoms with Crippen LogP contribution in [0.3, 0.4) is 0 Å². The summed E-state index contributed by atoms with van der Waals surface area (Å²) in [7, 11) is 1.00. The van der Waals surface area contributed by atoms with Crippen LogP contribution in [0, 0.1) is 86.8 Å². The van der Waals surface area contributed by atoms with Gasteiger partial charge >= 0.3 is 12.4 Å². The molecule has 0 aromatic carbocycles. The van der Waals surface area contributed by atoms with Crippen LogP contribution in [-0.4, -0.2) is 68.4 Å². The van der Waals surface area contributed by atoms with Crippen molar-refractivity contribution in [2.24, 2.45) is 86.8 Å². The lowest BCUT2D eigenvalue weighted by Crippen LogP contribution is -2.56. The first kappa shape index (κ1) is 65.1. The number of fused-ring (bicyclic) bond motifs is 10. The molecule has 0 aromatic heterocycles. The van der Waals surface area contributed by atoms with Gasteiger partial charge in [-0.2, -0.15) is 53.3 Å². The Balaban J connectivity index is 0.000000348. The third-order valence-electron chi connectivity index (χ3n) is 22.8. The highest BCUT2D eigenvalue weighted by Gasteiger charge is 2.63. The first-order chi connectivity index (χ1) is 31.6. The van der Waals surface area contributed by atoms with Crippen LogP contribution in [0.15, 0.2) is 11.6 Å². The molecule has 0 unspecified atom stereocenters. The zero-order valence-corrected chi connectivity index (χ0v) is 46.8. The lowest BCUT2D eigenvalue weighted by Gasteiger charge is -2.62. The molecule has 0 aliphatic heterocycles. The monoisotopic (exact) mass is 1060 g/mol. The van der Waals surface area contributed by atoms with Crippen molar-refractivity contribution in [1.29, 1.82) is 0 Å². The van der Waals surface area contributed by atoms with Gasteiger partial charge in [-0.05, 0) is 234 Å². The lowest BCUT2D eigenvalue weighted by molar-refractivity contribution is -0.156. The summed E-state index contributed by atoms with van der Waals surface area (Å²) in [6, 6.07) is 0. The minimum atomic E-state index is -4.29. The fraction of sp³-hybridized carbons (Fsp3) is 0.966. The lowest BCUT2D eigenvalue weighted by atomic mass is 9.43. The molecular formula is C58H104F6O5S2. The Hall–Kier alpha value is -0.180. The number of halogens is 6. The van der Waals surface area contributed by atoms with E-state index < -0.39 is 48.6 Å². The molecule has 7 fully saturated rings. The quantitative estimate of drug-likeness (QED) is 0.0990. The summed E-state index contributed by atoms with van der Waals surface area (Å²) in [6.45, 7) is 18.6. The summed E-state index contributed by atoms with van der Waals surface area (Å²) >= 11 is 0. The zero-order valence-electron chi connectivity index (χ0n) is 44.8. The van der Waals surface area contributed by atoms with E-state index in [0.29, 0.717) is 65.6 Å². The molecule has 13 heteroatoms. The highest BCUT2D eigenvalue weighted by atomic mass is 32.1. The van der Waals surface area contributed by atoms with Crippen molar-refractivity contribution in [1.82, 2.24) is 0 Å². The van der Waals surface area contributed by atoms with Crippen LogP contribution in [0.1, 0.15) is 223 Å². The molecule has 5 N–H and O–H groups in total.